The van der Waals surface area contributed by atoms with Crippen molar-refractivity contribution in [3.8, 4) is 0 Å². The van der Waals surface area contributed by atoms with Crippen molar-refractivity contribution in [3.05, 3.63) is 105 Å². The number of para-hydroxylation sites is 1. The van der Waals surface area contributed by atoms with E-state index in [0.717, 1.165) is 16.4 Å². The number of nitrogens with zero attached hydrogens (tertiary/aromatic N) is 3. The molecule has 0 N–H and O–H groups in total. The van der Waals surface area contributed by atoms with Gasteiger partial charge in [-0.25, -0.2) is 8.42 Å². The van der Waals surface area contributed by atoms with E-state index in [1.807, 2.05) is 0 Å². The van der Waals surface area contributed by atoms with Crippen LogP contribution in [0, 0.1) is 20.2 Å². The summed E-state index contributed by atoms with van der Waals surface area (Å²) in [6.07, 6.45) is 0. The molecule has 0 fully saturated rings. The normalized spacial score (nSPS) is 11.0. The highest BCUT2D eigenvalue weighted by Gasteiger charge is 2.33. The Bertz CT molecular complexity index is 1150. The number of anilines is 1. The SMILES string of the molecule is O=[N+]([O-])c1ccc(S(=O)(=O)N(Cc2ccccc2)c2ccccc2)c([N+](=O)[O-])c1. The minimum absolute atomic E-state index is 0.0681. The van der Waals surface area contributed by atoms with Gasteiger partial charge < -0.3 is 0 Å². The first-order valence-corrected chi connectivity index (χ1v) is 9.79. The van der Waals surface area contributed by atoms with Gasteiger partial charge >= 0.3 is 0 Å². The molecular weight excluding hydrogens is 398 g/mol. The zero-order valence-electron chi connectivity index (χ0n) is 14.9. The molecule has 3 aromatic carbocycles. The Hall–Kier alpha value is -3.79. The van der Waals surface area contributed by atoms with Crippen LogP contribution >= 0.6 is 0 Å². The van der Waals surface area contributed by atoms with Crippen LogP contribution < -0.4 is 4.31 Å². The van der Waals surface area contributed by atoms with Crippen LogP contribution in [0.2, 0.25) is 0 Å². The average Bonchev–Trinajstić information content (AvgIpc) is 2.72. The largest absolute Gasteiger partial charge is 0.296 e. The highest BCUT2D eigenvalue weighted by Crippen LogP contribution is 2.33. The van der Waals surface area contributed by atoms with Gasteiger partial charge in [0.2, 0.25) is 0 Å². The Labute approximate surface area is 166 Å². The summed E-state index contributed by atoms with van der Waals surface area (Å²) >= 11 is 0. The van der Waals surface area contributed by atoms with Gasteiger partial charge in [-0.1, -0.05) is 48.5 Å². The van der Waals surface area contributed by atoms with Gasteiger partial charge in [-0.05, 0) is 23.8 Å². The van der Waals surface area contributed by atoms with E-state index in [-0.39, 0.29) is 6.54 Å². The molecule has 3 aromatic rings. The van der Waals surface area contributed by atoms with Gasteiger partial charge in [0.15, 0.2) is 4.90 Å². The maximum atomic E-state index is 13.4. The standard InChI is InChI=1S/C19H15N3O6S/c23-21(24)17-11-12-19(18(13-17)22(25)26)29(27,28)20(16-9-5-2-6-10-16)14-15-7-3-1-4-8-15/h1-13H,14H2. The van der Waals surface area contributed by atoms with Gasteiger partial charge in [-0.2, -0.15) is 0 Å². The third-order valence-electron chi connectivity index (χ3n) is 4.13. The first-order valence-electron chi connectivity index (χ1n) is 8.35. The van der Waals surface area contributed by atoms with Crippen molar-refractivity contribution in [2.45, 2.75) is 11.4 Å². The molecule has 0 saturated carbocycles. The number of hydrogen-bond donors (Lipinski definition) is 0. The Kier molecular flexibility index (Phi) is 5.55. The zero-order chi connectivity index (χ0) is 21.0. The van der Waals surface area contributed by atoms with Crippen molar-refractivity contribution in [2.75, 3.05) is 4.31 Å². The molecule has 10 heteroatoms. The van der Waals surface area contributed by atoms with E-state index in [1.54, 1.807) is 60.7 Å². The Morgan fingerprint density at radius 1 is 0.793 bits per heavy atom. The summed E-state index contributed by atoms with van der Waals surface area (Å²) in [5.74, 6) is 0. The second kappa shape index (κ2) is 8.07. The highest BCUT2D eigenvalue weighted by molar-refractivity contribution is 7.93. The van der Waals surface area contributed by atoms with Crippen molar-refractivity contribution in [3.63, 3.8) is 0 Å². The average molecular weight is 413 g/mol. The summed E-state index contributed by atoms with van der Waals surface area (Å²) in [6.45, 7) is -0.0681. The van der Waals surface area contributed by atoms with Crippen LogP contribution in [0.5, 0.6) is 0 Å². The predicted molar refractivity (Wildman–Crippen MR) is 106 cm³/mol. The van der Waals surface area contributed by atoms with Gasteiger partial charge in [-0.3, -0.25) is 24.5 Å². The van der Waals surface area contributed by atoms with Crippen molar-refractivity contribution < 1.29 is 18.3 Å². The number of sulfonamides is 1. The summed E-state index contributed by atoms with van der Waals surface area (Å²) in [6, 6.07) is 19.4. The van der Waals surface area contributed by atoms with E-state index < -0.39 is 36.1 Å². The van der Waals surface area contributed by atoms with Crippen molar-refractivity contribution in [2.24, 2.45) is 0 Å². The van der Waals surface area contributed by atoms with Crippen molar-refractivity contribution >= 4 is 27.1 Å². The van der Waals surface area contributed by atoms with E-state index in [9.17, 15) is 28.6 Å². The molecule has 0 aliphatic rings. The van der Waals surface area contributed by atoms with Gasteiger partial charge in [0.25, 0.3) is 21.4 Å². The van der Waals surface area contributed by atoms with Crippen LogP contribution in [0.3, 0.4) is 0 Å². The number of rotatable bonds is 7. The van der Waals surface area contributed by atoms with Gasteiger partial charge in [0.1, 0.15) is 0 Å². The molecule has 0 aromatic heterocycles. The number of non-ortho nitro benzene ring substituents is 1. The number of benzene rings is 3. The lowest BCUT2D eigenvalue weighted by molar-refractivity contribution is -0.396. The molecule has 29 heavy (non-hydrogen) atoms. The summed E-state index contributed by atoms with van der Waals surface area (Å²) in [7, 11) is -4.40. The van der Waals surface area contributed by atoms with Crippen molar-refractivity contribution in [1.82, 2.24) is 0 Å². The second-order valence-corrected chi connectivity index (χ2v) is 7.83. The molecule has 0 amide bonds. The quantitative estimate of drug-likeness (QED) is 0.427. The molecule has 0 unspecified atom stereocenters. The van der Waals surface area contributed by atoms with Crippen LogP contribution in [-0.4, -0.2) is 18.3 Å². The Morgan fingerprint density at radius 3 is 1.93 bits per heavy atom. The fourth-order valence-corrected chi connectivity index (χ4v) is 4.35. The second-order valence-electron chi connectivity index (χ2n) is 6.00. The molecular formula is C19H15N3O6S. The first-order chi connectivity index (χ1) is 13.8. The van der Waals surface area contributed by atoms with E-state index in [1.165, 1.54) is 0 Å². The van der Waals surface area contributed by atoms with Crippen LogP contribution in [0.4, 0.5) is 17.1 Å². The van der Waals surface area contributed by atoms with Crippen LogP contribution in [-0.2, 0) is 16.6 Å². The van der Waals surface area contributed by atoms with Gasteiger partial charge in [0, 0.05) is 6.07 Å². The molecule has 9 nitrogen and oxygen atoms in total. The topological polar surface area (TPSA) is 124 Å². The van der Waals surface area contributed by atoms with Gasteiger partial charge in [-0.15, -0.1) is 0 Å². The van der Waals surface area contributed by atoms with Gasteiger partial charge in [0.05, 0.1) is 28.1 Å². The fraction of sp³-hybridized carbons (Fsp3) is 0.0526. The summed E-state index contributed by atoms with van der Waals surface area (Å²) in [4.78, 5) is 20.0. The van der Waals surface area contributed by atoms with E-state index in [0.29, 0.717) is 17.3 Å². The fourth-order valence-electron chi connectivity index (χ4n) is 2.76. The number of hydrogen-bond acceptors (Lipinski definition) is 6. The molecule has 148 valence electrons. The molecule has 0 aliphatic carbocycles. The smallest absolute Gasteiger partial charge is 0.262 e. The summed E-state index contributed by atoms with van der Waals surface area (Å²) in [5, 5.41) is 22.4. The minimum atomic E-state index is -4.40. The number of nitro groups is 2. The Balaban J connectivity index is 2.17. The Morgan fingerprint density at radius 2 is 1.38 bits per heavy atom. The third-order valence-corrected chi connectivity index (χ3v) is 5.95. The molecule has 0 aliphatic heterocycles. The van der Waals surface area contributed by atoms with E-state index >= 15 is 0 Å². The zero-order valence-corrected chi connectivity index (χ0v) is 15.7. The lowest BCUT2D eigenvalue weighted by atomic mass is 10.2. The van der Waals surface area contributed by atoms with Crippen molar-refractivity contribution in [1.29, 1.82) is 0 Å². The van der Waals surface area contributed by atoms with Crippen LogP contribution in [0.1, 0.15) is 5.56 Å². The molecule has 0 radical (unpaired) electrons. The lowest BCUT2D eigenvalue weighted by Gasteiger charge is -2.24. The first kappa shape index (κ1) is 20.0. The predicted octanol–water partition coefficient (Wildman–Crippen LogP) is 3.90. The maximum Gasteiger partial charge on any atom is 0.296 e. The highest BCUT2D eigenvalue weighted by atomic mass is 32.2. The van der Waals surface area contributed by atoms with Crippen LogP contribution in [0.25, 0.3) is 0 Å². The summed E-state index contributed by atoms with van der Waals surface area (Å²) < 4.78 is 27.8. The van der Waals surface area contributed by atoms with E-state index in [4.69, 9.17) is 0 Å². The molecule has 0 spiro atoms. The molecule has 0 heterocycles. The van der Waals surface area contributed by atoms with E-state index in [2.05, 4.69) is 0 Å². The minimum Gasteiger partial charge on any atom is -0.262 e. The number of nitro benzene ring substituents is 2. The summed E-state index contributed by atoms with van der Waals surface area (Å²) in [5.41, 5.74) is -0.438. The monoisotopic (exact) mass is 413 g/mol. The molecule has 3 rings (SSSR count). The third kappa shape index (κ3) is 4.22. The lowest BCUT2D eigenvalue weighted by Crippen LogP contribution is -2.31. The maximum absolute atomic E-state index is 13.4. The molecule has 0 saturated heterocycles. The molecule has 0 atom stereocenters. The van der Waals surface area contributed by atoms with Crippen LogP contribution in [0.15, 0.2) is 83.8 Å². The molecule has 0 bridgehead atoms.